The van der Waals surface area contributed by atoms with Crippen molar-refractivity contribution in [2.75, 3.05) is 6.54 Å². The maximum Gasteiger partial charge on any atom is 0.223 e. The van der Waals surface area contributed by atoms with Crippen molar-refractivity contribution < 1.29 is 4.79 Å². The molecule has 1 fully saturated rings. The van der Waals surface area contributed by atoms with E-state index in [-0.39, 0.29) is 0 Å². The van der Waals surface area contributed by atoms with Crippen LogP contribution in [0.4, 0.5) is 0 Å². The average Bonchev–Trinajstić information content (AvgIpc) is 2.39. The molecule has 1 aliphatic rings. The van der Waals surface area contributed by atoms with Crippen molar-refractivity contribution in [3.05, 3.63) is 0 Å². The summed E-state index contributed by atoms with van der Waals surface area (Å²) in [4.78, 5) is 11.6. The molecule has 0 aliphatic carbocycles. The minimum atomic E-state index is 0.305. The van der Waals surface area contributed by atoms with Crippen molar-refractivity contribution >= 4 is 5.91 Å². The van der Waals surface area contributed by atoms with Crippen molar-refractivity contribution in [2.24, 2.45) is 5.92 Å². The number of unbranched alkanes of at least 4 members (excludes halogenated alkanes) is 3. The predicted molar refractivity (Wildman–Crippen MR) is 59.1 cm³/mol. The van der Waals surface area contributed by atoms with Crippen molar-refractivity contribution in [2.45, 2.75) is 58.3 Å². The largest absolute Gasteiger partial charge is 0.356 e. The molecule has 1 atom stereocenters. The summed E-state index contributed by atoms with van der Waals surface area (Å²) in [5.41, 5.74) is 0. The van der Waals surface area contributed by atoms with Crippen LogP contribution in [0.25, 0.3) is 0 Å². The molecular weight excluding hydrogens is 174 g/mol. The van der Waals surface area contributed by atoms with Gasteiger partial charge in [0.05, 0.1) is 0 Å². The molecule has 0 aromatic carbocycles. The smallest absolute Gasteiger partial charge is 0.223 e. The fraction of sp³-hybridized carbons (Fsp3) is 0.917. The van der Waals surface area contributed by atoms with E-state index < -0.39 is 0 Å². The zero-order valence-corrected chi connectivity index (χ0v) is 9.35. The lowest BCUT2D eigenvalue weighted by molar-refractivity contribution is -0.124. The quantitative estimate of drug-likeness (QED) is 0.675. The number of amides is 1. The molecule has 1 rings (SSSR count). The first-order valence-corrected chi connectivity index (χ1v) is 6.12. The van der Waals surface area contributed by atoms with Crippen LogP contribution >= 0.6 is 0 Å². The number of rotatable bonds is 5. The van der Waals surface area contributed by atoms with Gasteiger partial charge in [-0.1, -0.05) is 39.0 Å². The SMILES string of the molecule is CCCCCCC1CCCCNC1=O. The van der Waals surface area contributed by atoms with Gasteiger partial charge < -0.3 is 5.32 Å². The summed E-state index contributed by atoms with van der Waals surface area (Å²) in [6.07, 6.45) is 9.70. The molecule has 2 heteroatoms. The van der Waals surface area contributed by atoms with Gasteiger partial charge in [-0.3, -0.25) is 4.79 Å². The molecule has 0 spiro atoms. The van der Waals surface area contributed by atoms with Gasteiger partial charge in [-0.15, -0.1) is 0 Å². The molecule has 1 N–H and O–H groups in total. The second-order valence-corrected chi connectivity index (χ2v) is 4.33. The summed E-state index contributed by atoms with van der Waals surface area (Å²) in [6.45, 7) is 3.11. The van der Waals surface area contributed by atoms with Gasteiger partial charge in [0.15, 0.2) is 0 Å². The van der Waals surface area contributed by atoms with Crippen LogP contribution < -0.4 is 5.32 Å². The Bertz CT molecular complexity index is 168. The molecule has 2 nitrogen and oxygen atoms in total. The Kier molecular flexibility index (Phi) is 5.65. The summed E-state index contributed by atoms with van der Waals surface area (Å²) < 4.78 is 0. The van der Waals surface area contributed by atoms with E-state index in [4.69, 9.17) is 0 Å². The Morgan fingerprint density at radius 2 is 2.14 bits per heavy atom. The van der Waals surface area contributed by atoms with Crippen LogP contribution in [0.3, 0.4) is 0 Å². The maximum atomic E-state index is 11.6. The topological polar surface area (TPSA) is 29.1 Å². The third kappa shape index (κ3) is 4.12. The minimum Gasteiger partial charge on any atom is -0.356 e. The molecular formula is C12H23NO. The Labute approximate surface area is 87.5 Å². The lowest BCUT2D eigenvalue weighted by Gasteiger charge is -2.12. The fourth-order valence-electron chi connectivity index (χ4n) is 2.10. The summed E-state index contributed by atoms with van der Waals surface area (Å²) >= 11 is 0. The van der Waals surface area contributed by atoms with Crippen LogP contribution in [-0.2, 0) is 4.79 Å². The van der Waals surface area contributed by atoms with Gasteiger partial charge in [-0.05, 0) is 19.3 Å². The number of hydrogen-bond donors (Lipinski definition) is 1. The molecule has 0 saturated carbocycles. The average molecular weight is 197 g/mol. The summed E-state index contributed by atoms with van der Waals surface area (Å²) in [5.74, 6) is 0.619. The molecule has 1 amide bonds. The van der Waals surface area contributed by atoms with E-state index in [0.717, 1.165) is 25.8 Å². The van der Waals surface area contributed by atoms with Gasteiger partial charge in [0.25, 0.3) is 0 Å². The van der Waals surface area contributed by atoms with Crippen LogP contribution in [0.2, 0.25) is 0 Å². The second-order valence-electron chi connectivity index (χ2n) is 4.33. The maximum absolute atomic E-state index is 11.6. The predicted octanol–water partition coefficient (Wildman–Crippen LogP) is 2.87. The summed E-state index contributed by atoms with van der Waals surface area (Å²) in [7, 11) is 0. The van der Waals surface area contributed by atoms with Gasteiger partial charge in [0, 0.05) is 12.5 Å². The van der Waals surface area contributed by atoms with Crippen molar-refractivity contribution in [1.82, 2.24) is 5.32 Å². The van der Waals surface area contributed by atoms with Crippen molar-refractivity contribution in [3.63, 3.8) is 0 Å². The molecule has 0 aromatic heterocycles. The van der Waals surface area contributed by atoms with Gasteiger partial charge in [-0.25, -0.2) is 0 Å². The monoisotopic (exact) mass is 197 g/mol. The standard InChI is InChI=1S/C12H23NO/c1-2-3-4-5-8-11-9-6-7-10-13-12(11)14/h11H,2-10H2,1H3,(H,13,14). The Morgan fingerprint density at radius 3 is 2.93 bits per heavy atom. The van der Waals surface area contributed by atoms with E-state index in [0.29, 0.717) is 11.8 Å². The Hall–Kier alpha value is -0.530. The van der Waals surface area contributed by atoms with E-state index in [2.05, 4.69) is 12.2 Å². The molecule has 1 saturated heterocycles. The van der Waals surface area contributed by atoms with E-state index >= 15 is 0 Å². The number of hydrogen-bond acceptors (Lipinski definition) is 1. The highest BCUT2D eigenvalue weighted by atomic mass is 16.1. The minimum absolute atomic E-state index is 0.305. The van der Waals surface area contributed by atoms with Crippen molar-refractivity contribution in [3.8, 4) is 0 Å². The first kappa shape index (κ1) is 11.5. The van der Waals surface area contributed by atoms with Crippen molar-refractivity contribution in [1.29, 1.82) is 0 Å². The van der Waals surface area contributed by atoms with E-state index in [1.54, 1.807) is 0 Å². The van der Waals surface area contributed by atoms with Gasteiger partial charge in [-0.2, -0.15) is 0 Å². The highest BCUT2D eigenvalue weighted by molar-refractivity contribution is 5.78. The Morgan fingerprint density at radius 1 is 1.29 bits per heavy atom. The third-order valence-corrected chi connectivity index (χ3v) is 3.06. The van der Waals surface area contributed by atoms with Crippen LogP contribution in [0.5, 0.6) is 0 Å². The van der Waals surface area contributed by atoms with Crippen LogP contribution in [0, 0.1) is 5.92 Å². The highest BCUT2D eigenvalue weighted by Gasteiger charge is 2.19. The molecule has 1 aliphatic heterocycles. The zero-order valence-electron chi connectivity index (χ0n) is 9.35. The van der Waals surface area contributed by atoms with Crippen LogP contribution in [0.15, 0.2) is 0 Å². The zero-order chi connectivity index (χ0) is 10.2. The second kappa shape index (κ2) is 6.86. The number of nitrogens with one attached hydrogen (secondary N) is 1. The van der Waals surface area contributed by atoms with E-state index in [9.17, 15) is 4.79 Å². The van der Waals surface area contributed by atoms with Gasteiger partial charge >= 0.3 is 0 Å². The van der Waals surface area contributed by atoms with Gasteiger partial charge in [0.1, 0.15) is 0 Å². The van der Waals surface area contributed by atoms with E-state index in [1.807, 2.05) is 0 Å². The fourth-order valence-corrected chi connectivity index (χ4v) is 2.10. The Balaban J connectivity index is 2.16. The number of carbonyl (C=O) groups excluding carboxylic acids is 1. The van der Waals surface area contributed by atoms with E-state index in [1.165, 1.54) is 32.1 Å². The molecule has 82 valence electrons. The molecule has 1 unspecified atom stereocenters. The first-order chi connectivity index (χ1) is 6.84. The lowest BCUT2D eigenvalue weighted by atomic mass is 9.95. The lowest BCUT2D eigenvalue weighted by Crippen LogP contribution is -2.28. The van der Waals surface area contributed by atoms with Crippen LogP contribution in [0.1, 0.15) is 58.3 Å². The third-order valence-electron chi connectivity index (χ3n) is 3.06. The van der Waals surface area contributed by atoms with Crippen LogP contribution in [-0.4, -0.2) is 12.5 Å². The molecule has 0 bridgehead atoms. The highest BCUT2D eigenvalue weighted by Crippen LogP contribution is 2.19. The molecule has 14 heavy (non-hydrogen) atoms. The number of carbonyl (C=O) groups is 1. The van der Waals surface area contributed by atoms with Gasteiger partial charge in [0.2, 0.25) is 5.91 Å². The molecule has 0 radical (unpaired) electrons. The summed E-state index contributed by atoms with van der Waals surface area (Å²) in [6, 6.07) is 0. The molecule has 1 heterocycles. The first-order valence-electron chi connectivity index (χ1n) is 6.12. The molecule has 0 aromatic rings. The normalized spacial score (nSPS) is 22.9. The summed E-state index contributed by atoms with van der Waals surface area (Å²) in [5, 5.41) is 3.00.